The summed E-state index contributed by atoms with van der Waals surface area (Å²) in [5.41, 5.74) is -10.9. The van der Waals surface area contributed by atoms with Crippen LogP contribution in [-0.4, -0.2) is 79.0 Å². The molecule has 0 aliphatic heterocycles. The molecule has 4 N–H and O–H groups in total. The minimum atomic E-state index is -2.53. The van der Waals surface area contributed by atoms with Gasteiger partial charge in [0.15, 0.2) is 11.6 Å². The van der Waals surface area contributed by atoms with Crippen LogP contribution in [0.1, 0.15) is 73.3 Å². The van der Waals surface area contributed by atoms with Gasteiger partial charge < -0.3 is 20.4 Å². The number of hydrogen-bond acceptors (Lipinski definition) is 10. The topological polar surface area (TPSA) is 252 Å². The van der Waals surface area contributed by atoms with E-state index < -0.39 is 103 Å². The van der Waals surface area contributed by atoms with Crippen LogP contribution in [0.5, 0.6) is 0 Å². The van der Waals surface area contributed by atoms with Crippen molar-refractivity contribution in [1.82, 2.24) is 0 Å². The van der Waals surface area contributed by atoms with Crippen molar-refractivity contribution in [3.8, 4) is 0 Å². The third-order valence-electron chi connectivity index (χ3n) is 5.71. The van der Waals surface area contributed by atoms with Crippen molar-refractivity contribution in [1.29, 1.82) is 0 Å². The van der Waals surface area contributed by atoms with Gasteiger partial charge >= 0.3 is 23.9 Å². The van der Waals surface area contributed by atoms with Crippen LogP contribution < -0.4 is 0 Å². The van der Waals surface area contributed by atoms with Gasteiger partial charge in [-0.05, 0) is 0 Å². The van der Waals surface area contributed by atoms with E-state index >= 15 is 0 Å². The first-order valence-corrected chi connectivity index (χ1v) is 11.3. The van der Waals surface area contributed by atoms with Gasteiger partial charge in [0.05, 0.1) is 22.3 Å². The second-order valence-electron chi connectivity index (χ2n) is 8.18. The molecule has 3 aromatic rings. The number of ketones is 6. The highest BCUT2D eigenvalue weighted by Gasteiger charge is 2.44. The van der Waals surface area contributed by atoms with Gasteiger partial charge in [-0.1, -0.05) is 60.7 Å². The molecule has 14 nitrogen and oxygen atoms in total. The van der Waals surface area contributed by atoms with Gasteiger partial charge in [0.1, 0.15) is 0 Å². The van der Waals surface area contributed by atoms with E-state index in [1.54, 1.807) is 0 Å². The normalized spacial score (nSPS) is 10.3. The van der Waals surface area contributed by atoms with Crippen molar-refractivity contribution in [3.05, 3.63) is 105 Å². The summed E-state index contributed by atoms with van der Waals surface area (Å²) in [7, 11) is 0. The van der Waals surface area contributed by atoms with Crippen LogP contribution in [0.2, 0.25) is 0 Å². The summed E-state index contributed by atoms with van der Waals surface area (Å²) in [6, 6.07) is 12.2. The highest BCUT2D eigenvalue weighted by molar-refractivity contribution is 6.55. The van der Waals surface area contributed by atoms with E-state index in [0.717, 1.165) is 24.3 Å². The Morgan fingerprint density at radius 1 is 0.333 bits per heavy atom. The molecule has 0 bridgehead atoms. The first-order chi connectivity index (χ1) is 19.7. The van der Waals surface area contributed by atoms with Crippen molar-refractivity contribution in [2.45, 2.75) is 0 Å². The van der Waals surface area contributed by atoms with Gasteiger partial charge in [-0.25, -0.2) is 19.2 Å². The van der Waals surface area contributed by atoms with E-state index in [0.29, 0.717) is 0 Å². The molecule has 0 aliphatic rings. The van der Waals surface area contributed by atoms with Crippen LogP contribution in [0.3, 0.4) is 0 Å². The average molecular weight is 574 g/mol. The van der Waals surface area contributed by atoms with Crippen LogP contribution in [0.4, 0.5) is 0 Å². The van der Waals surface area contributed by atoms with Crippen LogP contribution in [0, 0.1) is 0 Å². The van der Waals surface area contributed by atoms with Gasteiger partial charge in [-0.2, -0.15) is 0 Å². The van der Waals surface area contributed by atoms with Crippen molar-refractivity contribution in [2.24, 2.45) is 0 Å². The third kappa shape index (κ3) is 5.35. The second kappa shape index (κ2) is 11.7. The van der Waals surface area contributed by atoms with E-state index in [-0.39, 0.29) is 0 Å². The van der Waals surface area contributed by atoms with E-state index in [1.807, 2.05) is 0 Å². The fourth-order valence-corrected chi connectivity index (χ4v) is 4.01. The Balaban J connectivity index is 2.87. The molecule has 0 saturated heterocycles. The largest absolute Gasteiger partial charge is 0.475 e. The summed E-state index contributed by atoms with van der Waals surface area (Å²) in [6.07, 6.45) is 0. The van der Waals surface area contributed by atoms with E-state index in [1.165, 1.54) is 36.4 Å². The maximum Gasteiger partial charge on any atom is 0.377 e. The molecule has 3 aromatic carbocycles. The zero-order valence-electron chi connectivity index (χ0n) is 20.6. The maximum absolute atomic E-state index is 13.8. The Labute approximate surface area is 232 Å². The Morgan fingerprint density at radius 3 is 0.762 bits per heavy atom. The molecular formula is C28H14O14. The van der Waals surface area contributed by atoms with E-state index in [9.17, 15) is 68.4 Å². The number of hydrogen-bond donors (Lipinski definition) is 4. The van der Waals surface area contributed by atoms with E-state index in [2.05, 4.69) is 0 Å². The second-order valence-corrected chi connectivity index (χ2v) is 8.18. The summed E-state index contributed by atoms with van der Waals surface area (Å²) in [6.45, 7) is 0. The van der Waals surface area contributed by atoms with Crippen molar-refractivity contribution in [3.63, 3.8) is 0 Å². The summed E-state index contributed by atoms with van der Waals surface area (Å²) >= 11 is 0. The summed E-state index contributed by atoms with van der Waals surface area (Å²) in [5, 5.41) is 38.0. The zero-order chi connectivity index (χ0) is 31.5. The predicted octanol–water partition coefficient (Wildman–Crippen LogP) is 1.22. The molecule has 0 heterocycles. The molecule has 0 amide bonds. The Hall–Kier alpha value is -6.44. The first kappa shape index (κ1) is 30.1. The molecule has 3 rings (SSSR count). The molecule has 14 heteroatoms. The molecule has 0 radical (unpaired) electrons. The Kier molecular flexibility index (Phi) is 8.42. The standard InChI is InChI=1S/C28H14O14/c29-19(11-7-3-1-4-8-11)13-14(20(30)12-9-5-2-6-10-12)16(22(32)26(37)38)18(24(34)28(41)42)17(23(33)27(39)40)15(13)21(31)25(35)36/h1-10H,(H,35,36)(H,37,38)(H,39,40)(H,41,42). The highest BCUT2D eigenvalue weighted by Crippen LogP contribution is 2.34. The number of rotatable bonds is 12. The fourth-order valence-electron chi connectivity index (χ4n) is 4.01. The molecule has 210 valence electrons. The molecule has 42 heavy (non-hydrogen) atoms. The summed E-state index contributed by atoms with van der Waals surface area (Å²) in [4.78, 5) is 127. The smallest absolute Gasteiger partial charge is 0.377 e. The molecular weight excluding hydrogens is 560 g/mol. The van der Waals surface area contributed by atoms with Gasteiger partial charge in [0, 0.05) is 22.3 Å². The number of aliphatic carboxylic acids is 4. The monoisotopic (exact) mass is 574 g/mol. The lowest BCUT2D eigenvalue weighted by atomic mass is 9.76. The number of carboxylic acid groups (broad SMARTS) is 4. The number of carboxylic acids is 4. The SMILES string of the molecule is O=C(O)C(=O)c1c(C(=O)C(=O)O)c(C(=O)C(=O)O)c(C(=O)c2ccccc2)c(C(=O)c2ccccc2)c1C(=O)C(=O)O. The fraction of sp³-hybridized carbons (Fsp3) is 0. The van der Waals surface area contributed by atoms with E-state index in [4.69, 9.17) is 0 Å². The maximum atomic E-state index is 13.8. The lowest BCUT2D eigenvalue weighted by Gasteiger charge is -2.21. The lowest BCUT2D eigenvalue weighted by molar-refractivity contribution is -0.133. The highest BCUT2D eigenvalue weighted by atomic mass is 16.4. The Morgan fingerprint density at radius 2 is 0.548 bits per heavy atom. The van der Waals surface area contributed by atoms with Gasteiger partial charge in [0.25, 0.3) is 23.1 Å². The summed E-state index contributed by atoms with van der Waals surface area (Å²) < 4.78 is 0. The molecule has 0 unspecified atom stereocenters. The van der Waals surface area contributed by atoms with Crippen molar-refractivity contribution >= 4 is 58.6 Å². The first-order valence-electron chi connectivity index (χ1n) is 11.3. The van der Waals surface area contributed by atoms with Gasteiger partial charge in [-0.15, -0.1) is 0 Å². The van der Waals surface area contributed by atoms with Gasteiger partial charge in [0.2, 0.25) is 0 Å². The van der Waals surface area contributed by atoms with Crippen molar-refractivity contribution in [2.75, 3.05) is 0 Å². The van der Waals surface area contributed by atoms with Crippen LogP contribution >= 0.6 is 0 Å². The molecule has 0 aromatic heterocycles. The quantitative estimate of drug-likeness (QED) is 0.175. The molecule has 0 atom stereocenters. The molecule has 0 fully saturated rings. The average Bonchev–Trinajstić information content (AvgIpc) is 2.97. The molecule has 0 aliphatic carbocycles. The molecule has 0 saturated carbocycles. The predicted molar refractivity (Wildman–Crippen MR) is 134 cm³/mol. The third-order valence-corrected chi connectivity index (χ3v) is 5.71. The van der Waals surface area contributed by atoms with Gasteiger partial charge in [-0.3, -0.25) is 28.8 Å². The number of carbonyl (C=O) groups is 10. The number of benzene rings is 3. The van der Waals surface area contributed by atoms with Crippen LogP contribution in [0.25, 0.3) is 0 Å². The lowest BCUT2D eigenvalue weighted by Crippen LogP contribution is -2.34. The van der Waals surface area contributed by atoms with Crippen molar-refractivity contribution < 1.29 is 68.4 Å². The van der Waals surface area contributed by atoms with Crippen LogP contribution in [-0.2, 0) is 19.2 Å². The number of Topliss-reactive ketones (excluding diaryl/α,β-unsaturated/α-hetero) is 4. The molecule has 0 spiro atoms. The minimum Gasteiger partial charge on any atom is -0.475 e. The Bertz CT molecular complexity index is 1630. The minimum absolute atomic E-state index is 0.432. The zero-order valence-corrected chi connectivity index (χ0v) is 20.6. The van der Waals surface area contributed by atoms with Crippen LogP contribution in [0.15, 0.2) is 60.7 Å². The number of carbonyl (C=O) groups excluding carboxylic acids is 6. The summed E-state index contributed by atoms with van der Waals surface area (Å²) in [5.74, 6) is -22.1.